The maximum Gasteiger partial charge on any atom is 0.222 e. The lowest BCUT2D eigenvalue weighted by Gasteiger charge is -2.23. The van der Waals surface area contributed by atoms with Crippen molar-refractivity contribution in [3.63, 3.8) is 0 Å². The van der Waals surface area contributed by atoms with E-state index in [1.165, 1.54) is 24.0 Å². The smallest absolute Gasteiger partial charge is 0.222 e. The lowest BCUT2D eigenvalue weighted by Crippen LogP contribution is -2.25. The Morgan fingerprint density at radius 3 is 2.36 bits per heavy atom. The van der Waals surface area contributed by atoms with Crippen LogP contribution >= 0.6 is 0 Å². The molecule has 4 rings (SSSR count). The average Bonchev–Trinajstić information content (AvgIpc) is 3.59. The monoisotopic (exact) mass is 374 g/mol. The Balaban J connectivity index is 1.37. The highest BCUT2D eigenvalue weighted by atomic mass is 16.5. The molecule has 2 aromatic carbocycles. The van der Waals surface area contributed by atoms with E-state index in [0.29, 0.717) is 12.0 Å². The number of hydrogen-bond donors (Lipinski definition) is 1. The Bertz CT molecular complexity index is 879. The second kappa shape index (κ2) is 8.85. The molecule has 0 aliphatic heterocycles. The third-order valence-electron chi connectivity index (χ3n) is 5.01. The summed E-state index contributed by atoms with van der Waals surface area (Å²) in [6.07, 6.45) is 6.37. The van der Waals surface area contributed by atoms with Gasteiger partial charge in [0.1, 0.15) is 5.75 Å². The topological polar surface area (TPSA) is 50.3 Å². The summed E-state index contributed by atoms with van der Waals surface area (Å²) >= 11 is 0. The normalized spacial score (nSPS) is 13.5. The zero-order valence-electron chi connectivity index (χ0n) is 16.2. The molecule has 0 radical (unpaired) electrons. The summed E-state index contributed by atoms with van der Waals surface area (Å²) in [4.78, 5) is 11.5. The first-order chi connectivity index (χ1) is 13.8. The van der Waals surface area contributed by atoms with Gasteiger partial charge in [-0.25, -0.2) is 9.97 Å². The molecule has 1 fully saturated rings. The van der Waals surface area contributed by atoms with Crippen molar-refractivity contribution in [2.24, 2.45) is 0 Å². The number of rotatable bonds is 9. The third kappa shape index (κ3) is 4.87. The van der Waals surface area contributed by atoms with Crippen LogP contribution in [0.25, 0.3) is 0 Å². The highest BCUT2D eigenvalue weighted by Gasteiger charge is 2.29. The summed E-state index contributed by atoms with van der Waals surface area (Å²) in [6, 6.07) is 19.2. The standard InChI is InChI=1S/C23H26N4O/c1-28-22-10-6-5-9-20(22)17-27(21-11-12-21)16-19-14-25-23(26-15-19)24-13-18-7-3-2-4-8-18/h2-10,14-15,21H,11-13,16-17H2,1H3,(H,24,25,26). The maximum atomic E-state index is 5.52. The van der Waals surface area contributed by atoms with Gasteiger partial charge in [0.25, 0.3) is 0 Å². The lowest BCUT2D eigenvalue weighted by atomic mass is 10.1. The third-order valence-corrected chi connectivity index (χ3v) is 5.01. The van der Waals surface area contributed by atoms with E-state index in [2.05, 4.69) is 44.5 Å². The van der Waals surface area contributed by atoms with E-state index < -0.39 is 0 Å². The zero-order valence-corrected chi connectivity index (χ0v) is 16.2. The van der Waals surface area contributed by atoms with Gasteiger partial charge < -0.3 is 10.1 Å². The average molecular weight is 374 g/mol. The number of anilines is 1. The summed E-state index contributed by atoms with van der Waals surface area (Å²) in [5, 5.41) is 3.28. The van der Waals surface area contributed by atoms with Crippen LogP contribution in [0.2, 0.25) is 0 Å². The molecule has 0 unspecified atom stereocenters. The molecule has 0 amide bonds. The van der Waals surface area contributed by atoms with E-state index in [9.17, 15) is 0 Å². The Hall–Kier alpha value is -2.92. The highest BCUT2D eigenvalue weighted by molar-refractivity contribution is 5.33. The van der Waals surface area contributed by atoms with Crippen molar-refractivity contribution >= 4 is 5.95 Å². The molecule has 1 aromatic heterocycles. The zero-order chi connectivity index (χ0) is 19.2. The van der Waals surface area contributed by atoms with Crippen LogP contribution in [-0.2, 0) is 19.6 Å². The molecule has 0 bridgehead atoms. The second-order valence-corrected chi connectivity index (χ2v) is 7.20. The molecule has 1 aliphatic rings. The Morgan fingerprint density at radius 1 is 0.929 bits per heavy atom. The van der Waals surface area contributed by atoms with Crippen LogP contribution in [-0.4, -0.2) is 28.0 Å². The highest BCUT2D eigenvalue weighted by Crippen LogP contribution is 2.31. The fourth-order valence-corrected chi connectivity index (χ4v) is 3.35. The summed E-state index contributed by atoms with van der Waals surface area (Å²) in [5.74, 6) is 1.61. The van der Waals surface area contributed by atoms with Crippen molar-refractivity contribution in [3.8, 4) is 5.75 Å². The first-order valence-electron chi connectivity index (χ1n) is 9.76. The van der Waals surface area contributed by atoms with E-state index in [0.717, 1.165) is 30.9 Å². The quantitative estimate of drug-likeness (QED) is 0.606. The number of methoxy groups -OCH3 is 1. The number of para-hydroxylation sites is 1. The number of nitrogens with zero attached hydrogens (tertiary/aromatic N) is 3. The SMILES string of the molecule is COc1ccccc1CN(Cc1cnc(NCc2ccccc2)nc1)C1CC1. The molecular formula is C23H26N4O. The van der Waals surface area contributed by atoms with Crippen LogP contribution in [0.4, 0.5) is 5.95 Å². The van der Waals surface area contributed by atoms with Crippen molar-refractivity contribution in [1.82, 2.24) is 14.9 Å². The summed E-state index contributed by atoms with van der Waals surface area (Å²) in [7, 11) is 1.73. The molecule has 5 nitrogen and oxygen atoms in total. The number of ether oxygens (including phenoxy) is 1. The van der Waals surface area contributed by atoms with Crippen LogP contribution in [0.1, 0.15) is 29.5 Å². The number of benzene rings is 2. The van der Waals surface area contributed by atoms with Gasteiger partial charge in [0.05, 0.1) is 7.11 Å². The molecular weight excluding hydrogens is 348 g/mol. The van der Waals surface area contributed by atoms with Gasteiger partial charge >= 0.3 is 0 Å². The van der Waals surface area contributed by atoms with Gasteiger partial charge in [0.15, 0.2) is 0 Å². The van der Waals surface area contributed by atoms with Crippen molar-refractivity contribution < 1.29 is 4.74 Å². The molecule has 0 atom stereocenters. The molecule has 1 N–H and O–H groups in total. The molecule has 1 aliphatic carbocycles. The lowest BCUT2D eigenvalue weighted by molar-refractivity contribution is 0.241. The van der Waals surface area contributed by atoms with Crippen LogP contribution in [0.5, 0.6) is 5.75 Å². The largest absolute Gasteiger partial charge is 0.496 e. The van der Waals surface area contributed by atoms with Gasteiger partial charge in [-0.15, -0.1) is 0 Å². The van der Waals surface area contributed by atoms with E-state index >= 15 is 0 Å². The molecule has 3 aromatic rings. The fourth-order valence-electron chi connectivity index (χ4n) is 3.35. The van der Waals surface area contributed by atoms with Gasteiger partial charge in [-0.1, -0.05) is 48.5 Å². The van der Waals surface area contributed by atoms with Gasteiger partial charge in [-0.2, -0.15) is 0 Å². The van der Waals surface area contributed by atoms with Crippen LogP contribution in [0.3, 0.4) is 0 Å². The molecule has 0 saturated heterocycles. The Morgan fingerprint density at radius 2 is 1.64 bits per heavy atom. The van der Waals surface area contributed by atoms with Gasteiger partial charge in [-0.05, 0) is 24.5 Å². The number of nitrogens with one attached hydrogen (secondary N) is 1. The molecule has 144 valence electrons. The first-order valence-corrected chi connectivity index (χ1v) is 9.76. The fraction of sp³-hybridized carbons (Fsp3) is 0.304. The summed E-state index contributed by atoms with van der Waals surface area (Å²) < 4.78 is 5.52. The van der Waals surface area contributed by atoms with Gasteiger partial charge in [0, 0.05) is 49.2 Å². The Kier molecular flexibility index (Phi) is 5.83. The van der Waals surface area contributed by atoms with Gasteiger partial charge in [-0.3, -0.25) is 4.90 Å². The minimum absolute atomic E-state index is 0.640. The summed E-state index contributed by atoms with van der Waals surface area (Å²) in [6.45, 7) is 2.45. The molecule has 1 saturated carbocycles. The molecule has 0 spiro atoms. The molecule has 1 heterocycles. The predicted molar refractivity (Wildman–Crippen MR) is 111 cm³/mol. The van der Waals surface area contributed by atoms with Gasteiger partial charge in [0.2, 0.25) is 5.95 Å². The number of aromatic nitrogens is 2. The van der Waals surface area contributed by atoms with E-state index in [4.69, 9.17) is 4.74 Å². The number of hydrogen-bond acceptors (Lipinski definition) is 5. The first kappa shape index (κ1) is 18.4. The minimum Gasteiger partial charge on any atom is -0.496 e. The minimum atomic E-state index is 0.640. The van der Waals surface area contributed by atoms with Crippen molar-refractivity contribution in [3.05, 3.63) is 83.7 Å². The van der Waals surface area contributed by atoms with Crippen LogP contribution in [0, 0.1) is 0 Å². The second-order valence-electron chi connectivity index (χ2n) is 7.20. The van der Waals surface area contributed by atoms with Crippen molar-refractivity contribution in [2.45, 2.75) is 38.5 Å². The van der Waals surface area contributed by atoms with E-state index in [-0.39, 0.29) is 0 Å². The predicted octanol–water partition coefficient (Wildman–Crippen LogP) is 4.26. The van der Waals surface area contributed by atoms with Crippen molar-refractivity contribution in [2.75, 3.05) is 12.4 Å². The molecule has 5 heteroatoms. The summed E-state index contributed by atoms with van der Waals surface area (Å²) in [5.41, 5.74) is 3.57. The van der Waals surface area contributed by atoms with Crippen molar-refractivity contribution in [1.29, 1.82) is 0 Å². The van der Waals surface area contributed by atoms with E-state index in [1.807, 2.05) is 42.7 Å². The maximum absolute atomic E-state index is 5.52. The van der Waals surface area contributed by atoms with E-state index in [1.54, 1.807) is 7.11 Å². The Labute approximate surface area is 166 Å². The van der Waals surface area contributed by atoms with Crippen LogP contribution < -0.4 is 10.1 Å². The van der Waals surface area contributed by atoms with Crippen LogP contribution in [0.15, 0.2) is 67.0 Å². The molecule has 28 heavy (non-hydrogen) atoms.